The molecule has 0 bridgehead atoms. The number of hydrogen-bond acceptors (Lipinski definition) is 7. The van der Waals surface area contributed by atoms with Crippen molar-refractivity contribution in [2.45, 2.75) is 26.2 Å². The molecular formula is C25H23F4N5O4. The Morgan fingerprint density at radius 2 is 1.63 bits per heavy atom. The molecule has 3 rings (SSSR count). The van der Waals surface area contributed by atoms with Gasteiger partial charge in [0.05, 0.1) is 0 Å². The van der Waals surface area contributed by atoms with E-state index >= 15 is 8.78 Å². The van der Waals surface area contributed by atoms with Crippen molar-refractivity contribution in [3.63, 3.8) is 0 Å². The molecule has 0 fully saturated rings. The Balaban J connectivity index is 2.06. The molecule has 2 aromatic carbocycles. The van der Waals surface area contributed by atoms with Crippen LogP contribution in [-0.2, 0) is 31.4 Å². The van der Waals surface area contributed by atoms with E-state index < -0.39 is 64.4 Å². The molecule has 0 unspecified atom stereocenters. The summed E-state index contributed by atoms with van der Waals surface area (Å²) < 4.78 is 70.1. The van der Waals surface area contributed by atoms with Crippen LogP contribution in [0.2, 0.25) is 0 Å². The number of rotatable bonds is 9. The number of aromatic nitrogens is 1. The molecule has 38 heavy (non-hydrogen) atoms. The van der Waals surface area contributed by atoms with Gasteiger partial charge in [-0.2, -0.15) is 0 Å². The number of pyridine rings is 1. The highest BCUT2D eigenvalue weighted by Gasteiger charge is 2.49. The number of nitrogens with zero attached hydrogens (tertiary/aromatic N) is 1. The number of ether oxygens (including phenoxy) is 2. The second-order valence-electron chi connectivity index (χ2n) is 7.94. The Labute approximate surface area is 214 Å². The lowest BCUT2D eigenvalue weighted by molar-refractivity contribution is -0.233. The minimum Gasteiger partial charge on any atom is -0.419 e. The van der Waals surface area contributed by atoms with Gasteiger partial charge in [-0.25, -0.2) is 22.5 Å². The minimum absolute atomic E-state index is 0.0274. The number of nitrogen functional groups attached to an aromatic ring is 2. The monoisotopic (exact) mass is 533 g/mol. The fraction of sp³-hybridized carbons (Fsp3) is 0.200. The summed E-state index contributed by atoms with van der Waals surface area (Å²) in [6.07, 6.45) is 1.28. The predicted octanol–water partition coefficient (Wildman–Crippen LogP) is 3.24. The molecule has 1 atom stereocenters. The van der Waals surface area contributed by atoms with Gasteiger partial charge < -0.3 is 26.3 Å². The van der Waals surface area contributed by atoms with Crippen LogP contribution in [0.3, 0.4) is 0 Å². The number of nitrogens with one attached hydrogen (secondary N) is 2. The molecule has 13 heteroatoms. The van der Waals surface area contributed by atoms with Crippen LogP contribution in [0.4, 0.5) is 23.4 Å². The lowest BCUT2D eigenvalue weighted by atomic mass is 9.98. The van der Waals surface area contributed by atoms with Gasteiger partial charge in [-0.05, 0) is 48.9 Å². The van der Waals surface area contributed by atoms with E-state index in [1.54, 1.807) is 0 Å². The number of benzene rings is 2. The molecule has 1 heterocycles. The summed E-state index contributed by atoms with van der Waals surface area (Å²) in [6.45, 7) is 1.06. The standard InChI is InChI=1S/C25H23F4N5O4/c1-3-37-25(38-12(2)35,24(36)34-11-16-17(26)8-15(23(31)32)9-18(16)27)22-19(28)6-14(7-20(22)29)13-4-5-21(30)33-10-13/h4-10H,3,11H2,1-2H3,(H2,30,33)(H3,31,32)(H,34,36)/t25-/m0/s1. The summed E-state index contributed by atoms with van der Waals surface area (Å²) in [5, 5.41) is 9.41. The highest BCUT2D eigenvalue weighted by atomic mass is 19.1. The van der Waals surface area contributed by atoms with E-state index in [4.69, 9.17) is 26.4 Å². The van der Waals surface area contributed by atoms with Crippen LogP contribution in [-0.4, -0.2) is 29.3 Å². The molecule has 0 aliphatic rings. The maximum absolute atomic E-state index is 15.4. The smallest absolute Gasteiger partial charge is 0.326 e. The quantitative estimate of drug-likeness (QED) is 0.108. The average Bonchev–Trinajstić information content (AvgIpc) is 2.82. The predicted molar refractivity (Wildman–Crippen MR) is 128 cm³/mol. The highest BCUT2D eigenvalue weighted by molar-refractivity contribution is 5.95. The topological polar surface area (TPSA) is 153 Å². The van der Waals surface area contributed by atoms with Crippen molar-refractivity contribution in [2.75, 3.05) is 12.3 Å². The normalized spacial score (nSPS) is 12.5. The van der Waals surface area contributed by atoms with E-state index in [9.17, 15) is 18.4 Å². The van der Waals surface area contributed by atoms with Gasteiger partial charge in [-0.3, -0.25) is 15.0 Å². The van der Waals surface area contributed by atoms with Crippen molar-refractivity contribution in [1.82, 2.24) is 10.3 Å². The molecule has 0 radical (unpaired) electrons. The van der Waals surface area contributed by atoms with Gasteiger partial charge in [0.2, 0.25) is 0 Å². The number of halogens is 4. The van der Waals surface area contributed by atoms with Crippen LogP contribution in [0.25, 0.3) is 11.1 Å². The molecule has 0 aliphatic carbocycles. The summed E-state index contributed by atoms with van der Waals surface area (Å²) in [4.78, 5) is 29.1. The van der Waals surface area contributed by atoms with Gasteiger partial charge in [0.1, 0.15) is 40.5 Å². The average molecular weight is 533 g/mol. The first kappa shape index (κ1) is 28.1. The minimum atomic E-state index is -2.99. The van der Waals surface area contributed by atoms with E-state index in [1.807, 2.05) is 0 Å². The lowest BCUT2D eigenvalue weighted by Gasteiger charge is -2.32. The van der Waals surface area contributed by atoms with Gasteiger partial charge in [0.25, 0.3) is 5.91 Å². The Morgan fingerprint density at radius 3 is 2.11 bits per heavy atom. The molecule has 6 N–H and O–H groups in total. The molecule has 0 aliphatic heterocycles. The van der Waals surface area contributed by atoms with Gasteiger partial charge in [-0.1, -0.05) is 0 Å². The largest absolute Gasteiger partial charge is 0.419 e. The van der Waals surface area contributed by atoms with Gasteiger partial charge in [-0.15, -0.1) is 0 Å². The fourth-order valence-corrected chi connectivity index (χ4v) is 3.63. The molecular weight excluding hydrogens is 510 g/mol. The first-order chi connectivity index (χ1) is 17.9. The molecule has 3 aromatic rings. The van der Waals surface area contributed by atoms with Crippen molar-refractivity contribution in [1.29, 1.82) is 5.41 Å². The van der Waals surface area contributed by atoms with Crippen LogP contribution in [0, 0.1) is 28.7 Å². The van der Waals surface area contributed by atoms with E-state index in [0.717, 1.165) is 31.2 Å². The summed E-state index contributed by atoms with van der Waals surface area (Å²) in [5.74, 6) is -10.9. The van der Waals surface area contributed by atoms with Crippen molar-refractivity contribution in [2.24, 2.45) is 5.73 Å². The van der Waals surface area contributed by atoms with Crippen molar-refractivity contribution in [3.05, 3.63) is 82.6 Å². The second-order valence-corrected chi connectivity index (χ2v) is 7.94. The number of esters is 1. The molecule has 0 saturated heterocycles. The number of hydrogen-bond donors (Lipinski definition) is 4. The zero-order chi connectivity index (χ0) is 28.2. The summed E-state index contributed by atoms with van der Waals surface area (Å²) >= 11 is 0. The Hall–Kier alpha value is -4.52. The number of anilines is 1. The van der Waals surface area contributed by atoms with E-state index in [-0.39, 0.29) is 23.6 Å². The first-order valence-electron chi connectivity index (χ1n) is 11.0. The second kappa shape index (κ2) is 11.3. The summed E-state index contributed by atoms with van der Waals surface area (Å²) in [7, 11) is 0. The number of carbonyl (C=O) groups is 2. The molecule has 0 saturated carbocycles. The van der Waals surface area contributed by atoms with Gasteiger partial charge in [0, 0.05) is 43.0 Å². The zero-order valence-corrected chi connectivity index (χ0v) is 20.2. The molecule has 0 spiro atoms. The SMILES string of the molecule is CCO[C@@](OC(C)=O)(C(=O)NCc1c(F)cc(C(=N)N)cc1F)c1c(F)cc(-c2ccc(N)nc2)cc1F. The lowest BCUT2D eigenvalue weighted by Crippen LogP contribution is -2.50. The third-order valence-electron chi connectivity index (χ3n) is 5.30. The summed E-state index contributed by atoms with van der Waals surface area (Å²) in [5.41, 5.74) is 9.15. The molecule has 200 valence electrons. The molecule has 9 nitrogen and oxygen atoms in total. The number of amidine groups is 1. The maximum atomic E-state index is 15.4. The Kier molecular flexibility index (Phi) is 8.31. The molecule has 1 aromatic heterocycles. The van der Waals surface area contributed by atoms with Crippen LogP contribution in [0.5, 0.6) is 0 Å². The maximum Gasteiger partial charge on any atom is 0.326 e. The highest BCUT2D eigenvalue weighted by Crippen LogP contribution is 2.35. The van der Waals surface area contributed by atoms with Crippen LogP contribution >= 0.6 is 0 Å². The van der Waals surface area contributed by atoms with Crippen LogP contribution in [0.15, 0.2) is 42.6 Å². The van der Waals surface area contributed by atoms with E-state index in [1.165, 1.54) is 25.3 Å². The van der Waals surface area contributed by atoms with Crippen LogP contribution in [0.1, 0.15) is 30.5 Å². The van der Waals surface area contributed by atoms with Crippen LogP contribution < -0.4 is 16.8 Å². The number of nitrogens with two attached hydrogens (primary N) is 2. The zero-order valence-electron chi connectivity index (χ0n) is 20.2. The van der Waals surface area contributed by atoms with E-state index in [0.29, 0.717) is 5.56 Å². The van der Waals surface area contributed by atoms with Crippen molar-refractivity contribution >= 4 is 23.5 Å². The third kappa shape index (κ3) is 5.72. The van der Waals surface area contributed by atoms with Gasteiger partial charge in [0.15, 0.2) is 0 Å². The Bertz CT molecular complexity index is 1350. The van der Waals surface area contributed by atoms with Crippen molar-refractivity contribution < 1.29 is 36.6 Å². The number of amides is 1. The van der Waals surface area contributed by atoms with E-state index in [2.05, 4.69) is 10.3 Å². The number of carbonyl (C=O) groups excluding carboxylic acids is 2. The summed E-state index contributed by atoms with van der Waals surface area (Å²) in [6, 6.07) is 6.17. The Morgan fingerprint density at radius 1 is 1.03 bits per heavy atom. The fourth-order valence-electron chi connectivity index (χ4n) is 3.63. The van der Waals surface area contributed by atoms with Crippen molar-refractivity contribution in [3.8, 4) is 11.1 Å². The molecule has 1 amide bonds. The first-order valence-corrected chi connectivity index (χ1v) is 11.0. The third-order valence-corrected chi connectivity index (χ3v) is 5.30. The van der Waals surface area contributed by atoms with Gasteiger partial charge >= 0.3 is 11.8 Å².